The number of aliphatic hydroxyl groups is 1. The van der Waals surface area contributed by atoms with E-state index in [4.69, 9.17) is 4.74 Å². The van der Waals surface area contributed by atoms with Crippen LogP contribution in [0.2, 0.25) is 0 Å². The molecule has 1 spiro atoms. The normalized spacial score (nSPS) is 33.4. The van der Waals surface area contributed by atoms with Gasteiger partial charge >= 0.3 is 6.09 Å². The van der Waals surface area contributed by atoms with E-state index >= 15 is 0 Å². The van der Waals surface area contributed by atoms with Crippen molar-refractivity contribution in [1.82, 2.24) is 4.90 Å². The third kappa shape index (κ3) is 2.40. The zero-order valence-electron chi connectivity index (χ0n) is 10.7. The highest BCUT2D eigenvalue weighted by atomic mass is 32.2. The Labute approximate surface area is 107 Å². The largest absolute Gasteiger partial charge is 0.444 e. The molecular formula is C12H21NO3S. The summed E-state index contributed by atoms with van der Waals surface area (Å²) in [5.41, 5.74) is -0.843. The van der Waals surface area contributed by atoms with Crippen LogP contribution in [-0.4, -0.2) is 51.4 Å². The number of hydrogen-bond donors (Lipinski definition) is 1. The smallest absolute Gasteiger partial charge is 0.410 e. The van der Waals surface area contributed by atoms with Crippen molar-refractivity contribution >= 4 is 17.9 Å². The first kappa shape index (κ1) is 13.0. The summed E-state index contributed by atoms with van der Waals surface area (Å²) in [5.74, 6) is 1.84. The van der Waals surface area contributed by atoms with Crippen molar-refractivity contribution in [3.05, 3.63) is 0 Å². The molecule has 4 nitrogen and oxygen atoms in total. The fourth-order valence-electron chi connectivity index (χ4n) is 2.56. The Balaban J connectivity index is 2.12. The molecule has 2 aliphatic rings. The maximum absolute atomic E-state index is 12.2. The number of rotatable bonds is 0. The van der Waals surface area contributed by atoms with Crippen LogP contribution in [0.5, 0.6) is 0 Å². The number of aliphatic hydroxyl groups excluding tert-OH is 1. The van der Waals surface area contributed by atoms with Gasteiger partial charge in [0.1, 0.15) is 5.60 Å². The van der Waals surface area contributed by atoms with Gasteiger partial charge in [0.15, 0.2) is 0 Å². The summed E-state index contributed by atoms with van der Waals surface area (Å²) in [7, 11) is 0. The van der Waals surface area contributed by atoms with E-state index in [1.165, 1.54) is 0 Å². The third-order valence-corrected chi connectivity index (χ3v) is 4.63. The molecule has 17 heavy (non-hydrogen) atoms. The van der Waals surface area contributed by atoms with Crippen molar-refractivity contribution in [2.45, 2.75) is 50.9 Å². The average molecular weight is 259 g/mol. The number of amides is 1. The maximum Gasteiger partial charge on any atom is 0.410 e. The van der Waals surface area contributed by atoms with Crippen LogP contribution in [-0.2, 0) is 4.74 Å². The molecule has 1 N–H and O–H groups in total. The zero-order chi connectivity index (χ0) is 12.7. The van der Waals surface area contributed by atoms with Gasteiger partial charge in [0.05, 0.1) is 11.6 Å². The molecule has 0 aromatic rings. The molecule has 1 amide bonds. The Morgan fingerprint density at radius 2 is 2.24 bits per heavy atom. The minimum Gasteiger partial charge on any atom is -0.444 e. The van der Waals surface area contributed by atoms with Crippen LogP contribution >= 0.6 is 11.8 Å². The van der Waals surface area contributed by atoms with E-state index in [1.807, 2.05) is 20.8 Å². The van der Waals surface area contributed by atoms with Gasteiger partial charge in [-0.3, -0.25) is 4.90 Å². The third-order valence-electron chi connectivity index (χ3n) is 3.43. The number of carbonyl (C=O) groups is 1. The lowest BCUT2D eigenvalue weighted by molar-refractivity contribution is -0.00594. The van der Waals surface area contributed by atoms with Gasteiger partial charge in [-0.25, -0.2) is 4.79 Å². The summed E-state index contributed by atoms with van der Waals surface area (Å²) in [4.78, 5) is 13.9. The highest BCUT2D eigenvalue weighted by Gasteiger charge is 2.53. The predicted molar refractivity (Wildman–Crippen MR) is 68.2 cm³/mol. The molecule has 2 aliphatic heterocycles. The number of likely N-dealkylation sites (tertiary alicyclic amines) is 1. The summed E-state index contributed by atoms with van der Waals surface area (Å²) in [6, 6.07) is 0. The molecule has 5 heteroatoms. The highest BCUT2D eigenvalue weighted by Crippen LogP contribution is 2.42. The van der Waals surface area contributed by atoms with E-state index in [9.17, 15) is 9.90 Å². The molecule has 0 aromatic heterocycles. The van der Waals surface area contributed by atoms with Crippen molar-refractivity contribution in [3.8, 4) is 0 Å². The molecule has 0 aliphatic carbocycles. The van der Waals surface area contributed by atoms with Gasteiger partial charge < -0.3 is 9.84 Å². The second-order valence-electron chi connectivity index (χ2n) is 5.84. The number of hydrogen-bond acceptors (Lipinski definition) is 4. The first-order valence-electron chi connectivity index (χ1n) is 6.12. The Morgan fingerprint density at radius 3 is 2.76 bits per heavy atom. The van der Waals surface area contributed by atoms with Crippen LogP contribution < -0.4 is 0 Å². The van der Waals surface area contributed by atoms with Crippen molar-refractivity contribution in [3.63, 3.8) is 0 Å². The van der Waals surface area contributed by atoms with Crippen LogP contribution in [0, 0.1) is 0 Å². The van der Waals surface area contributed by atoms with Gasteiger partial charge in [0.2, 0.25) is 0 Å². The molecule has 2 fully saturated rings. The fraction of sp³-hybridized carbons (Fsp3) is 0.917. The van der Waals surface area contributed by atoms with Crippen LogP contribution in [0.4, 0.5) is 4.79 Å². The van der Waals surface area contributed by atoms with Gasteiger partial charge in [-0.15, -0.1) is 0 Å². The first-order valence-corrected chi connectivity index (χ1v) is 7.27. The molecule has 0 aromatic carbocycles. The van der Waals surface area contributed by atoms with Crippen molar-refractivity contribution < 1.29 is 14.6 Å². The lowest BCUT2D eigenvalue weighted by Gasteiger charge is -2.37. The molecule has 2 saturated heterocycles. The summed E-state index contributed by atoms with van der Waals surface area (Å²) < 4.78 is 5.42. The minimum absolute atomic E-state index is 0.281. The number of thioether (sulfide) groups is 1. The van der Waals surface area contributed by atoms with Crippen molar-refractivity contribution in [1.29, 1.82) is 0 Å². The highest BCUT2D eigenvalue weighted by molar-refractivity contribution is 7.99. The number of ether oxygens (including phenoxy) is 1. The van der Waals surface area contributed by atoms with E-state index in [1.54, 1.807) is 16.7 Å². The summed E-state index contributed by atoms with van der Waals surface area (Å²) in [6.45, 7) is 6.21. The summed E-state index contributed by atoms with van der Waals surface area (Å²) in [6.07, 6.45) is 0.860. The zero-order valence-corrected chi connectivity index (χ0v) is 11.5. The maximum atomic E-state index is 12.2. The van der Waals surface area contributed by atoms with Gasteiger partial charge in [0.25, 0.3) is 0 Å². The molecule has 0 bridgehead atoms. The molecule has 0 saturated carbocycles. The second kappa shape index (κ2) is 4.35. The van der Waals surface area contributed by atoms with E-state index in [2.05, 4.69) is 0 Å². The topological polar surface area (TPSA) is 49.8 Å². The molecule has 2 unspecified atom stereocenters. The average Bonchev–Trinajstić information content (AvgIpc) is 2.75. The lowest BCUT2D eigenvalue weighted by atomic mass is 9.93. The van der Waals surface area contributed by atoms with E-state index in [0.29, 0.717) is 13.0 Å². The van der Waals surface area contributed by atoms with Crippen molar-refractivity contribution in [2.75, 3.05) is 18.1 Å². The SMILES string of the molecule is CC(C)(C)OC(=O)N1CCC(O)C12CCSC2. The second-order valence-corrected chi connectivity index (χ2v) is 6.95. The number of nitrogens with zero attached hydrogens (tertiary/aromatic N) is 1. The predicted octanol–water partition coefficient (Wildman–Crippen LogP) is 1.86. The van der Waals surface area contributed by atoms with E-state index < -0.39 is 11.7 Å². The van der Waals surface area contributed by atoms with Crippen LogP contribution in [0.3, 0.4) is 0 Å². The van der Waals surface area contributed by atoms with Crippen LogP contribution in [0.1, 0.15) is 33.6 Å². The van der Waals surface area contributed by atoms with Crippen molar-refractivity contribution in [2.24, 2.45) is 0 Å². The Kier molecular flexibility index (Phi) is 3.34. The summed E-state index contributed by atoms with van der Waals surface area (Å²) >= 11 is 1.80. The van der Waals surface area contributed by atoms with Gasteiger partial charge in [-0.1, -0.05) is 0 Å². The van der Waals surface area contributed by atoms with Crippen LogP contribution in [0.25, 0.3) is 0 Å². The lowest BCUT2D eigenvalue weighted by Crippen LogP contribution is -2.54. The van der Waals surface area contributed by atoms with E-state index in [-0.39, 0.29) is 11.6 Å². The van der Waals surface area contributed by atoms with Crippen LogP contribution in [0.15, 0.2) is 0 Å². The summed E-state index contributed by atoms with van der Waals surface area (Å²) in [5, 5.41) is 10.1. The molecule has 98 valence electrons. The molecule has 0 radical (unpaired) electrons. The quantitative estimate of drug-likeness (QED) is 0.721. The monoisotopic (exact) mass is 259 g/mol. The first-order chi connectivity index (χ1) is 7.85. The number of carbonyl (C=O) groups excluding carboxylic acids is 1. The fourth-order valence-corrected chi connectivity index (χ4v) is 4.05. The van der Waals surface area contributed by atoms with E-state index in [0.717, 1.165) is 17.9 Å². The standard InChI is InChI=1S/C12H21NO3S/c1-11(2,3)16-10(15)13-6-4-9(14)12(13)5-7-17-8-12/h9,14H,4-8H2,1-3H3. The Hall–Kier alpha value is -0.420. The molecule has 2 atom stereocenters. The van der Waals surface area contributed by atoms with Gasteiger partial charge in [-0.2, -0.15) is 11.8 Å². The molecule has 2 heterocycles. The Morgan fingerprint density at radius 1 is 1.53 bits per heavy atom. The molecular weight excluding hydrogens is 238 g/mol. The molecule has 2 rings (SSSR count). The van der Waals surface area contributed by atoms with Gasteiger partial charge in [0, 0.05) is 12.3 Å². The minimum atomic E-state index is -0.475. The van der Waals surface area contributed by atoms with Gasteiger partial charge in [-0.05, 0) is 39.4 Å². The Bertz CT molecular complexity index is 307.